The van der Waals surface area contributed by atoms with E-state index in [9.17, 15) is 9.59 Å². The molecule has 0 radical (unpaired) electrons. The minimum absolute atomic E-state index is 0.0289. The molecule has 0 aliphatic rings. The van der Waals surface area contributed by atoms with Crippen molar-refractivity contribution in [3.8, 4) is 0 Å². The van der Waals surface area contributed by atoms with Crippen LogP contribution in [0.15, 0.2) is 10.9 Å². The van der Waals surface area contributed by atoms with Gasteiger partial charge in [-0.1, -0.05) is 6.42 Å². The van der Waals surface area contributed by atoms with E-state index in [2.05, 4.69) is 10.3 Å². The predicted molar refractivity (Wildman–Crippen MR) is 69.5 cm³/mol. The van der Waals surface area contributed by atoms with Crippen LogP contribution in [-0.2, 0) is 16.0 Å². The first kappa shape index (κ1) is 14.6. The molecule has 0 unspecified atom stereocenters. The Morgan fingerprint density at radius 3 is 2.78 bits per heavy atom. The zero-order valence-electron chi connectivity index (χ0n) is 10.2. The molecule has 0 saturated carbocycles. The van der Waals surface area contributed by atoms with Gasteiger partial charge in [-0.05, 0) is 19.3 Å². The second-order valence-electron chi connectivity index (χ2n) is 4.03. The number of aryl methyl sites for hydroxylation is 1. The zero-order valence-corrected chi connectivity index (χ0v) is 11.0. The van der Waals surface area contributed by atoms with E-state index in [1.165, 1.54) is 11.3 Å². The highest BCUT2D eigenvalue weighted by molar-refractivity contribution is 7.07. The van der Waals surface area contributed by atoms with E-state index < -0.39 is 5.97 Å². The van der Waals surface area contributed by atoms with Crippen molar-refractivity contribution in [2.45, 2.75) is 38.5 Å². The molecule has 18 heavy (non-hydrogen) atoms. The number of rotatable bonds is 9. The average molecular weight is 270 g/mol. The molecule has 0 aromatic carbocycles. The van der Waals surface area contributed by atoms with Crippen molar-refractivity contribution in [2.24, 2.45) is 0 Å². The Balaban J connectivity index is 1.95. The monoisotopic (exact) mass is 270 g/mol. The summed E-state index contributed by atoms with van der Waals surface area (Å²) in [5, 5.41) is 13.2. The average Bonchev–Trinajstić information content (AvgIpc) is 2.83. The summed E-state index contributed by atoms with van der Waals surface area (Å²) in [7, 11) is 0. The van der Waals surface area contributed by atoms with E-state index in [-0.39, 0.29) is 12.3 Å². The van der Waals surface area contributed by atoms with Crippen molar-refractivity contribution in [1.82, 2.24) is 10.3 Å². The Morgan fingerprint density at radius 1 is 1.28 bits per heavy atom. The largest absolute Gasteiger partial charge is 0.481 e. The fourth-order valence-electron chi connectivity index (χ4n) is 1.50. The topological polar surface area (TPSA) is 79.3 Å². The highest BCUT2D eigenvalue weighted by atomic mass is 32.1. The van der Waals surface area contributed by atoms with Crippen molar-refractivity contribution in [3.05, 3.63) is 16.6 Å². The van der Waals surface area contributed by atoms with Gasteiger partial charge in [-0.15, -0.1) is 11.3 Å². The van der Waals surface area contributed by atoms with E-state index in [1.807, 2.05) is 5.38 Å². The summed E-state index contributed by atoms with van der Waals surface area (Å²) in [6, 6.07) is 0. The summed E-state index contributed by atoms with van der Waals surface area (Å²) >= 11 is 1.53. The second-order valence-corrected chi connectivity index (χ2v) is 4.75. The van der Waals surface area contributed by atoms with Crippen LogP contribution >= 0.6 is 11.3 Å². The molecule has 6 heteroatoms. The smallest absolute Gasteiger partial charge is 0.303 e. The van der Waals surface area contributed by atoms with Gasteiger partial charge in [0.2, 0.25) is 5.91 Å². The number of amides is 1. The molecule has 0 bridgehead atoms. The van der Waals surface area contributed by atoms with Gasteiger partial charge in [0.25, 0.3) is 0 Å². The Labute approximate surface area is 110 Å². The molecular formula is C12H18N2O3S. The highest BCUT2D eigenvalue weighted by Crippen LogP contribution is 2.04. The van der Waals surface area contributed by atoms with Crippen molar-refractivity contribution in [2.75, 3.05) is 6.54 Å². The molecule has 1 amide bonds. The van der Waals surface area contributed by atoms with Gasteiger partial charge in [-0.2, -0.15) is 0 Å². The molecule has 5 nitrogen and oxygen atoms in total. The lowest BCUT2D eigenvalue weighted by Gasteiger charge is -2.03. The number of carbonyl (C=O) groups excluding carboxylic acids is 1. The molecule has 0 spiro atoms. The van der Waals surface area contributed by atoms with Gasteiger partial charge >= 0.3 is 5.97 Å². The van der Waals surface area contributed by atoms with Crippen LogP contribution in [0.25, 0.3) is 0 Å². The molecule has 1 aromatic rings. The molecule has 0 aliphatic carbocycles. The minimum atomic E-state index is -0.762. The van der Waals surface area contributed by atoms with E-state index in [1.54, 1.807) is 5.51 Å². The summed E-state index contributed by atoms with van der Waals surface area (Å²) in [5.41, 5.74) is 2.71. The number of aliphatic carboxylic acids is 1. The van der Waals surface area contributed by atoms with E-state index >= 15 is 0 Å². The van der Waals surface area contributed by atoms with Gasteiger partial charge < -0.3 is 10.4 Å². The van der Waals surface area contributed by atoms with Crippen LogP contribution in [0, 0.1) is 0 Å². The van der Waals surface area contributed by atoms with E-state index in [0.717, 1.165) is 18.5 Å². The summed E-state index contributed by atoms with van der Waals surface area (Å²) in [6.07, 6.45) is 3.67. The maximum absolute atomic E-state index is 11.4. The van der Waals surface area contributed by atoms with Gasteiger partial charge in [-0.3, -0.25) is 9.59 Å². The molecule has 0 fully saturated rings. The summed E-state index contributed by atoms with van der Waals surface area (Å²) in [5.74, 6) is -0.733. The maximum atomic E-state index is 11.4. The normalized spacial score (nSPS) is 10.2. The summed E-state index contributed by atoms with van der Waals surface area (Å²) in [6.45, 7) is 0.621. The number of unbranched alkanes of at least 4 members (excludes halogenated alkanes) is 2. The van der Waals surface area contributed by atoms with Crippen LogP contribution < -0.4 is 5.32 Å². The van der Waals surface area contributed by atoms with Crippen molar-refractivity contribution in [3.63, 3.8) is 0 Å². The number of hydrogen-bond donors (Lipinski definition) is 2. The third-order valence-electron chi connectivity index (χ3n) is 2.48. The Hall–Kier alpha value is -1.43. The molecular weight excluding hydrogens is 252 g/mol. The van der Waals surface area contributed by atoms with Gasteiger partial charge in [0.15, 0.2) is 0 Å². The Kier molecular flexibility index (Phi) is 7.01. The lowest BCUT2D eigenvalue weighted by Crippen LogP contribution is -2.24. The Bertz CT molecular complexity index is 365. The van der Waals surface area contributed by atoms with Gasteiger partial charge in [0.05, 0.1) is 11.2 Å². The SMILES string of the molecule is O=C(O)CCCCCNC(=O)CCc1cscn1. The lowest BCUT2D eigenvalue weighted by molar-refractivity contribution is -0.137. The molecule has 1 aromatic heterocycles. The van der Waals surface area contributed by atoms with Crippen molar-refractivity contribution < 1.29 is 14.7 Å². The van der Waals surface area contributed by atoms with Crippen LogP contribution in [0.5, 0.6) is 0 Å². The molecule has 100 valence electrons. The van der Waals surface area contributed by atoms with Crippen LogP contribution in [0.3, 0.4) is 0 Å². The maximum Gasteiger partial charge on any atom is 0.303 e. The summed E-state index contributed by atoms with van der Waals surface area (Å²) in [4.78, 5) is 25.8. The fourth-order valence-corrected chi connectivity index (χ4v) is 2.09. The predicted octanol–water partition coefficient (Wildman–Crippen LogP) is 1.84. The fraction of sp³-hybridized carbons (Fsp3) is 0.583. The number of carboxylic acids is 1. The number of aromatic nitrogens is 1. The van der Waals surface area contributed by atoms with Crippen LogP contribution in [-0.4, -0.2) is 28.5 Å². The number of hydrogen-bond acceptors (Lipinski definition) is 4. The van der Waals surface area contributed by atoms with E-state index in [0.29, 0.717) is 25.8 Å². The zero-order chi connectivity index (χ0) is 13.2. The number of nitrogens with zero attached hydrogens (tertiary/aromatic N) is 1. The molecule has 0 atom stereocenters. The van der Waals surface area contributed by atoms with Crippen molar-refractivity contribution in [1.29, 1.82) is 0 Å². The second kappa shape index (κ2) is 8.63. The number of carbonyl (C=O) groups is 2. The molecule has 0 aliphatic heterocycles. The highest BCUT2D eigenvalue weighted by Gasteiger charge is 2.03. The first-order chi connectivity index (χ1) is 8.68. The molecule has 2 N–H and O–H groups in total. The molecule has 1 rings (SSSR count). The van der Waals surface area contributed by atoms with Crippen LogP contribution in [0.2, 0.25) is 0 Å². The number of nitrogens with one attached hydrogen (secondary N) is 1. The first-order valence-corrected chi connectivity index (χ1v) is 6.98. The minimum Gasteiger partial charge on any atom is -0.481 e. The first-order valence-electron chi connectivity index (χ1n) is 6.04. The Morgan fingerprint density at radius 2 is 2.11 bits per heavy atom. The number of thiazole rings is 1. The lowest BCUT2D eigenvalue weighted by atomic mass is 10.2. The van der Waals surface area contributed by atoms with Gasteiger partial charge in [-0.25, -0.2) is 4.98 Å². The third kappa shape index (κ3) is 7.01. The van der Waals surface area contributed by atoms with Crippen LogP contribution in [0.4, 0.5) is 0 Å². The third-order valence-corrected chi connectivity index (χ3v) is 3.12. The standard InChI is InChI=1S/C12H18N2O3S/c15-11(6-5-10-8-18-9-14-10)13-7-3-1-2-4-12(16)17/h8-9H,1-7H2,(H,13,15)(H,16,17). The van der Waals surface area contributed by atoms with Gasteiger partial charge in [0, 0.05) is 24.8 Å². The van der Waals surface area contributed by atoms with E-state index in [4.69, 9.17) is 5.11 Å². The summed E-state index contributed by atoms with van der Waals surface area (Å²) < 4.78 is 0. The molecule has 1 heterocycles. The molecule has 0 saturated heterocycles. The van der Waals surface area contributed by atoms with Crippen LogP contribution in [0.1, 0.15) is 37.8 Å². The van der Waals surface area contributed by atoms with Crippen molar-refractivity contribution >= 4 is 23.2 Å². The number of carboxylic acid groups (broad SMARTS) is 1. The van der Waals surface area contributed by atoms with Gasteiger partial charge in [0.1, 0.15) is 0 Å². The quantitative estimate of drug-likeness (QED) is 0.671.